The number of fused-ring (bicyclic) bond motifs is 1. The van der Waals surface area contributed by atoms with Crippen LogP contribution in [0.25, 0.3) is 0 Å². The van der Waals surface area contributed by atoms with E-state index in [-0.39, 0.29) is 24.8 Å². The normalized spacial score (nSPS) is 14.8. The number of unbranched alkanes of at least 4 members (excludes halogenated alkanes) is 3. The molecule has 1 unspecified atom stereocenters. The first kappa shape index (κ1) is 31.1. The molecule has 1 aromatic carbocycles. The molecule has 0 fully saturated rings. The monoisotopic (exact) mass is 530 g/mol. The number of hydrogen-bond acceptors (Lipinski definition) is 5. The van der Waals surface area contributed by atoms with Crippen molar-refractivity contribution in [1.29, 1.82) is 0 Å². The van der Waals surface area contributed by atoms with Crippen molar-refractivity contribution in [3.05, 3.63) is 45.6 Å². The SMILES string of the molecule is CCCN(CCCCCCNCCc1ccsc1)C1CCc2c(ccc(OC)c2OC)C1.Cl.Cl. The minimum atomic E-state index is 0. The summed E-state index contributed by atoms with van der Waals surface area (Å²) < 4.78 is 11.2. The lowest BCUT2D eigenvalue weighted by atomic mass is 9.86. The first-order valence-electron chi connectivity index (χ1n) is 12.4. The smallest absolute Gasteiger partial charge is 0.164 e. The average molecular weight is 532 g/mol. The molecule has 34 heavy (non-hydrogen) atoms. The van der Waals surface area contributed by atoms with Crippen LogP contribution >= 0.6 is 36.2 Å². The van der Waals surface area contributed by atoms with Crippen LogP contribution < -0.4 is 14.8 Å². The molecule has 1 heterocycles. The summed E-state index contributed by atoms with van der Waals surface area (Å²) in [6.07, 6.45) is 11.1. The molecule has 1 atom stereocenters. The van der Waals surface area contributed by atoms with Crippen LogP contribution in [0.1, 0.15) is 62.1 Å². The largest absolute Gasteiger partial charge is 0.493 e. The summed E-state index contributed by atoms with van der Waals surface area (Å²) >= 11 is 1.79. The quantitative estimate of drug-likeness (QED) is 0.264. The van der Waals surface area contributed by atoms with Crippen LogP contribution in [0.5, 0.6) is 11.5 Å². The van der Waals surface area contributed by atoms with Crippen LogP contribution in [-0.2, 0) is 19.3 Å². The van der Waals surface area contributed by atoms with Gasteiger partial charge in [-0.25, -0.2) is 0 Å². The maximum absolute atomic E-state index is 5.68. The van der Waals surface area contributed by atoms with Crippen molar-refractivity contribution in [3.8, 4) is 11.5 Å². The zero-order valence-corrected chi connectivity index (χ0v) is 23.6. The van der Waals surface area contributed by atoms with Gasteiger partial charge in [-0.05, 0) is 105 Å². The van der Waals surface area contributed by atoms with Gasteiger partial charge in [0.2, 0.25) is 0 Å². The molecule has 7 heteroatoms. The first-order chi connectivity index (χ1) is 15.8. The van der Waals surface area contributed by atoms with Gasteiger partial charge in [0.25, 0.3) is 0 Å². The third-order valence-electron chi connectivity index (χ3n) is 6.68. The fourth-order valence-corrected chi connectivity index (χ4v) is 5.65. The van der Waals surface area contributed by atoms with E-state index in [1.54, 1.807) is 25.6 Å². The summed E-state index contributed by atoms with van der Waals surface area (Å²) in [4.78, 5) is 2.75. The van der Waals surface area contributed by atoms with Crippen LogP contribution in [0.3, 0.4) is 0 Å². The number of rotatable bonds is 15. The molecule has 0 aliphatic heterocycles. The van der Waals surface area contributed by atoms with E-state index in [1.165, 1.54) is 68.3 Å². The Hall–Kier alpha value is -0.980. The zero-order chi connectivity index (χ0) is 22.6. The van der Waals surface area contributed by atoms with E-state index in [1.807, 2.05) is 0 Å². The topological polar surface area (TPSA) is 33.7 Å². The van der Waals surface area contributed by atoms with Gasteiger partial charge in [-0.1, -0.05) is 25.8 Å². The highest BCUT2D eigenvalue weighted by Gasteiger charge is 2.26. The molecule has 194 valence electrons. The third-order valence-corrected chi connectivity index (χ3v) is 7.41. The maximum Gasteiger partial charge on any atom is 0.164 e. The Morgan fingerprint density at radius 1 is 1.00 bits per heavy atom. The highest BCUT2D eigenvalue weighted by molar-refractivity contribution is 7.07. The first-order valence-corrected chi connectivity index (χ1v) is 13.4. The number of benzene rings is 1. The van der Waals surface area contributed by atoms with Gasteiger partial charge in [-0.3, -0.25) is 0 Å². The van der Waals surface area contributed by atoms with Crippen LogP contribution in [-0.4, -0.2) is 51.3 Å². The summed E-state index contributed by atoms with van der Waals surface area (Å²) in [5.41, 5.74) is 4.25. The molecule has 2 aromatic rings. The Kier molecular flexibility index (Phi) is 15.9. The molecule has 0 saturated heterocycles. The Morgan fingerprint density at radius 3 is 2.53 bits per heavy atom. The lowest BCUT2D eigenvalue weighted by Gasteiger charge is -2.36. The molecular formula is C27H44Cl2N2O2S. The van der Waals surface area contributed by atoms with Crippen molar-refractivity contribution in [2.75, 3.05) is 40.4 Å². The lowest BCUT2D eigenvalue weighted by molar-refractivity contribution is 0.175. The van der Waals surface area contributed by atoms with Gasteiger partial charge in [0.1, 0.15) is 0 Å². The van der Waals surface area contributed by atoms with E-state index in [0.717, 1.165) is 43.9 Å². The molecule has 3 rings (SSSR count). The van der Waals surface area contributed by atoms with Crippen LogP contribution in [0.4, 0.5) is 0 Å². The summed E-state index contributed by atoms with van der Waals surface area (Å²) in [6.45, 7) is 6.98. The third kappa shape index (κ3) is 9.23. The second kappa shape index (κ2) is 17.4. The molecule has 4 nitrogen and oxygen atoms in total. The summed E-state index contributed by atoms with van der Waals surface area (Å²) in [7, 11) is 3.48. The second-order valence-electron chi connectivity index (χ2n) is 8.92. The van der Waals surface area contributed by atoms with Crippen molar-refractivity contribution in [2.45, 2.75) is 70.8 Å². The van der Waals surface area contributed by atoms with Gasteiger partial charge in [0.15, 0.2) is 11.5 Å². The predicted molar refractivity (Wildman–Crippen MR) is 151 cm³/mol. The lowest BCUT2D eigenvalue weighted by Crippen LogP contribution is -2.40. The van der Waals surface area contributed by atoms with Crippen molar-refractivity contribution >= 4 is 36.2 Å². The van der Waals surface area contributed by atoms with Gasteiger partial charge in [-0.2, -0.15) is 11.3 Å². The minimum Gasteiger partial charge on any atom is -0.493 e. The fourth-order valence-electron chi connectivity index (χ4n) is 4.95. The zero-order valence-electron chi connectivity index (χ0n) is 21.1. The second-order valence-corrected chi connectivity index (χ2v) is 9.70. The number of nitrogens with one attached hydrogen (secondary N) is 1. The molecule has 0 saturated carbocycles. The molecule has 0 spiro atoms. The Balaban J connectivity index is 0.00000289. The maximum atomic E-state index is 5.68. The van der Waals surface area contributed by atoms with E-state index in [4.69, 9.17) is 9.47 Å². The van der Waals surface area contributed by atoms with Gasteiger partial charge in [0.05, 0.1) is 14.2 Å². The van der Waals surface area contributed by atoms with E-state index in [9.17, 15) is 0 Å². The van der Waals surface area contributed by atoms with Gasteiger partial charge < -0.3 is 19.7 Å². The number of thiophene rings is 1. The number of ether oxygens (including phenoxy) is 2. The van der Waals surface area contributed by atoms with Crippen molar-refractivity contribution < 1.29 is 9.47 Å². The van der Waals surface area contributed by atoms with E-state index >= 15 is 0 Å². The number of nitrogens with zero attached hydrogens (tertiary/aromatic N) is 1. The van der Waals surface area contributed by atoms with Crippen LogP contribution in [0.15, 0.2) is 29.0 Å². The molecule has 0 bridgehead atoms. The molecular weight excluding hydrogens is 487 g/mol. The highest BCUT2D eigenvalue weighted by atomic mass is 35.5. The predicted octanol–water partition coefficient (Wildman–Crippen LogP) is 6.57. The van der Waals surface area contributed by atoms with E-state index < -0.39 is 0 Å². The summed E-state index contributed by atoms with van der Waals surface area (Å²) in [6, 6.07) is 7.20. The molecule has 1 aliphatic carbocycles. The summed E-state index contributed by atoms with van der Waals surface area (Å²) in [5, 5.41) is 8.01. The van der Waals surface area contributed by atoms with Crippen molar-refractivity contribution in [1.82, 2.24) is 10.2 Å². The molecule has 1 N–H and O–H groups in total. The van der Waals surface area contributed by atoms with Crippen LogP contribution in [0.2, 0.25) is 0 Å². The molecule has 0 radical (unpaired) electrons. The fraction of sp³-hybridized carbons (Fsp3) is 0.630. The van der Waals surface area contributed by atoms with Gasteiger partial charge in [0, 0.05) is 11.6 Å². The average Bonchev–Trinajstić information content (AvgIpc) is 3.34. The number of methoxy groups -OCH3 is 2. The minimum absolute atomic E-state index is 0. The molecule has 1 aliphatic rings. The van der Waals surface area contributed by atoms with E-state index in [0.29, 0.717) is 6.04 Å². The summed E-state index contributed by atoms with van der Waals surface area (Å²) in [5.74, 6) is 1.80. The van der Waals surface area contributed by atoms with E-state index in [2.05, 4.69) is 46.1 Å². The Labute approximate surface area is 223 Å². The number of halogens is 2. The standard InChI is InChI=1S/C27H42N2O2S.2ClH/c1-4-17-29(18-8-6-5-7-15-28-16-13-22-14-19-32-21-22)24-10-11-25-23(20-24)9-12-26(30-2)27(25)31-3;;/h9,12,14,19,21,24,28H,4-8,10-11,13,15-18,20H2,1-3H3;2*1H. The van der Waals surface area contributed by atoms with Crippen molar-refractivity contribution in [2.24, 2.45) is 0 Å². The Morgan fingerprint density at radius 2 is 1.82 bits per heavy atom. The molecule has 0 amide bonds. The van der Waals surface area contributed by atoms with Gasteiger partial charge in [-0.15, -0.1) is 24.8 Å². The Bertz CT molecular complexity index is 789. The highest BCUT2D eigenvalue weighted by Crippen LogP contribution is 2.38. The van der Waals surface area contributed by atoms with Crippen molar-refractivity contribution in [3.63, 3.8) is 0 Å². The molecule has 1 aromatic heterocycles. The number of hydrogen-bond donors (Lipinski definition) is 1. The van der Waals surface area contributed by atoms with Crippen LogP contribution in [0, 0.1) is 0 Å². The van der Waals surface area contributed by atoms with Gasteiger partial charge >= 0.3 is 0 Å².